The van der Waals surface area contributed by atoms with Crippen molar-refractivity contribution >= 4 is 22.9 Å². The van der Waals surface area contributed by atoms with Gasteiger partial charge in [0.15, 0.2) is 0 Å². The van der Waals surface area contributed by atoms with E-state index in [-0.39, 0.29) is 0 Å². The van der Waals surface area contributed by atoms with E-state index < -0.39 is 0 Å². The summed E-state index contributed by atoms with van der Waals surface area (Å²) < 4.78 is 0. The molecule has 1 heterocycles. The molecular weight excluding hydrogens is 224 g/mol. The molecule has 2 heteroatoms. The van der Waals surface area contributed by atoms with Gasteiger partial charge in [-0.3, -0.25) is 0 Å². The first-order valence-electron chi connectivity index (χ1n) is 5.08. The van der Waals surface area contributed by atoms with Crippen LogP contribution in [0.15, 0.2) is 35.7 Å². The molecule has 1 aromatic heterocycles. The van der Waals surface area contributed by atoms with Crippen LogP contribution in [-0.2, 0) is 12.8 Å². The van der Waals surface area contributed by atoms with E-state index in [0.717, 1.165) is 17.9 Å². The fourth-order valence-electron chi connectivity index (χ4n) is 1.54. The van der Waals surface area contributed by atoms with E-state index in [1.807, 2.05) is 23.5 Å². The van der Waals surface area contributed by atoms with Crippen molar-refractivity contribution in [3.63, 3.8) is 0 Å². The molecule has 78 valence electrons. The first-order chi connectivity index (χ1) is 7.28. The molecule has 0 saturated heterocycles. The number of halogens is 1. The fourth-order valence-corrected chi connectivity index (χ4v) is 2.51. The monoisotopic (exact) mass is 236 g/mol. The van der Waals surface area contributed by atoms with Crippen molar-refractivity contribution in [2.75, 3.05) is 0 Å². The summed E-state index contributed by atoms with van der Waals surface area (Å²) >= 11 is 7.69. The van der Waals surface area contributed by atoms with Crippen molar-refractivity contribution in [2.24, 2.45) is 0 Å². The van der Waals surface area contributed by atoms with Gasteiger partial charge in [-0.2, -0.15) is 0 Å². The molecule has 0 aliphatic carbocycles. The van der Waals surface area contributed by atoms with Gasteiger partial charge in [0.25, 0.3) is 0 Å². The normalized spacial score (nSPS) is 10.5. The predicted molar refractivity (Wildman–Crippen MR) is 68.0 cm³/mol. The highest BCUT2D eigenvalue weighted by Gasteiger charge is 2.00. The van der Waals surface area contributed by atoms with Crippen molar-refractivity contribution in [1.29, 1.82) is 0 Å². The Balaban J connectivity index is 2.11. The summed E-state index contributed by atoms with van der Waals surface area (Å²) in [6, 6.07) is 10.4. The van der Waals surface area contributed by atoms with Crippen molar-refractivity contribution in [3.05, 3.63) is 56.7 Å². The van der Waals surface area contributed by atoms with Crippen molar-refractivity contribution in [3.8, 4) is 0 Å². The van der Waals surface area contributed by atoms with E-state index in [9.17, 15) is 0 Å². The van der Waals surface area contributed by atoms with Crippen LogP contribution in [0.5, 0.6) is 0 Å². The second-order valence-corrected chi connectivity index (χ2v) is 5.01. The van der Waals surface area contributed by atoms with Crippen LogP contribution in [-0.4, -0.2) is 0 Å². The van der Waals surface area contributed by atoms with E-state index in [1.54, 1.807) is 0 Å². The molecule has 0 radical (unpaired) electrons. The van der Waals surface area contributed by atoms with E-state index >= 15 is 0 Å². The zero-order valence-corrected chi connectivity index (χ0v) is 10.2. The van der Waals surface area contributed by atoms with E-state index in [4.69, 9.17) is 11.6 Å². The van der Waals surface area contributed by atoms with Gasteiger partial charge in [-0.05, 0) is 47.5 Å². The molecule has 15 heavy (non-hydrogen) atoms. The molecule has 0 N–H and O–H groups in total. The zero-order valence-electron chi connectivity index (χ0n) is 8.66. The second kappa shape index (κ2) is 4.82. The number of hydrogen-bond donors (Lipinski definition) is 0. The fraction of sp³-hybridized carbons (Fsp3) is 0.231. The minimum Gasteiger partial charge on any atom is -0.149 e. The average Bonchev–Trinajstić information content (AvgIpc) is 2.69. The molecule has 2 aromatic rings. The lowest BCUT2D eigenvalue weighted by Crippen LogP contribution is -1.84. The molecular formula is C13H13ClS. The summed E-state index contributed by atoms with van der Waals surface area (Å²) in [5.41, 5.74) is 2.72. The molecule has 0 amide bonds. The first kappa shape index (κ1) is 10.7. The van der Waals surface area contributed by atoms with Gasteiger partial charge >= 0.3 is 0 Å². The molecule has 0 bridgehead atoms. The highest BCUT2D eigenvalue weighted by Crippen LogP contribution is 2.19. The Morgan fingerprint density at radius 2 is 1.87 bits per heavy atom. The molecule has 0 nitrogen and oxygen atoms in total. The summed E-state index contributed by atoms with van der Waals surface area (Å²) in [5.74, 6) is 0. The maximum Gasteiger partial charge on any atom is 0.0406 e. The summed E-state index contributed by atoms with van der Waals surface area (Å²) in [6.07, 6.45) is 2.14. The third-order valence-electron chi connectivity index (χ3n) is 2.38. The van der Waals surface area contributed by atoms with Crippen LogP contribution < -0.4 is 0 Å². The van der Waals surface area contributed by atoms with Crippen molar-refractivity contribution in [1.82, 2.24) is 0 Å². The molecule has 0 aliphatic rings. The molecule has 0 saturated carbocycles. The number of thiophene rings is 1. The van der Waals surface area contributed by atoms with Gasteiger partial charge in [-0.25, -0.2) is 0 Å². The third-order valence-corrected chi connectivity index (χ3v) is 3.76. The number of aryl methyl sites for hydroxylation is 1. The van der Waals surface area contributed by atoms with Crippen molar-refractivity contribution in [2.45, 2.75) is 19.8 Å². The highest BCUT2D eigenvalue weighted by atomic mass is 35.5. The third kappa shape index (κ3) is 2.83. The van der Waals surface area contributed by atoms with E-state index in [0.29, 0.717) is 0 Å². The quantitative estimate of drug-likeness (QED) is 0.733. The van der Waals surface area contributed by atoms with Crippen LogP contribution in [0.3, 0.4) is 0 Å². The van der Waals surface area contributed by atoms with E-state index in [1.165, 1.54) is 16.0 Å². The van der Waals surface area contributed by atoms with Gasteiger partial charge in [0.05, 0.1) is 0 Å². The highest BCUT2D eigenvalue weighted by molar-refractivity contribution is 7.10. The Labute approximate surface area is 99.5 Å². The summed E-state index contributed by atoms with van der Waals surface area (Å²) in [6.45, 7) is 2.19. The maximum atomic E-state index is 5.84. The minimum atomic E-state index is 0.804. The molecule has 0 atom stereocenters. The SMILES string of the molecule is CCc1cc(Cc2ccc(Cl)cc2)cs1. The predicted octanol–water partition coefficient (Wildman–Crippen LogP) is 4.55. The lowest BCUT2D eigenvalue weighted by molar-refractivity contribution is 1.16. The molecule has 0 fully saturated rings. The largest absolute Gasteiger partial charge is 0.149 e. The van der Waals surface area contributed by atoms with Crippen LogP contribution >= 0.6 is 22.9 Å². The van der Waals surface area contributed by atoms with Crippen LogP contribution in [0.2, 0.25) is 5.02 Å². The van der Waals surface area contributed by atoms with Gasteiger partial charge in [0.2, 0.25) is 0 Å². The van der Waals surface area contributed by atoms with E-state index in [2.05, 4.69) is 30.5 Å². The lowest BCUT2D eigenvalue weighted by atomic mass is 10.1. The van der Waals surface area contributed by atoms with Crippen LogP contribution in [0.1, 0.15) is 22.9 Å². The van der Waals surface area contributed by atoms with Crippen LogP contribution in [0, 0.1) is 0 Å². The molecule has 0 aliphatic heterocycles. The standard InChI is InChI=1S/C13H13ClS/c1-2-13-8-11(9-15-13)7-10-3-5-12(14)6-4-10/h3-6,8-9H,2,7H2,1H3. The van der Waals surface area contributed by atoms with Crippen LogP contribution in [0.4, 0.5) is 0 Å². The average molecular weight is 237 g/mol. The van der Waals surface area contributed by atoms with Gasteiger partial charge < -0.3 is 0 Å². The lowest BCUT2D eigenvalue weighted by Gasteiger charge is -1.98. The smallest absolute Gasteiger partial charge is 0.0406 e. The Hall–Kier alpha value is -0.790. The number of rotatable bonds is 3. The van der Waals surface area contributed by atoms with Gasteiger partial charge in [0.1, 0.15) is 0 Å². The Morgan fingerprint density at radius 1 is 1.13 bits per heavy atom. The van der Waals surface area contributed by atoms with Crippen molar-refractivity contribution < 1.29 is 0 Å². The maximum absolute atomic E-state index is 5.84. The Morgan fingerprint density at radius 3 is 2.47 bits per heavy atom. The Bertz CT molecular complexity index is 428. The summed E-state index contributed by atoms with van der Waals surface area (Å²) in [4.78, 5) is 1.46. The zero-order chi connectivity index (χ0) is 10.7. The second-order valence-electron chi connectivity index (χ2n) is 3.58. The van der Waals surface area contributed by atoms with Gasteiger partial charge in [-0.15, -0.1) is 11.3 Å². The Kier molecular flexibility index (Phi) is 3.45. The topological polar surface area (TPSA) is 0 Å². The van der Waals surface area contributed by atoms with Gasteiger partial charge in [-0.1, -0.05) is 30.7 Å². The molecule has 1 aromatic carbocycles. The number of benzene rings is 1. The minimum absolute atomic E-state index is 0.804. The summed E-state index contributed by atoms with van der Waals surface area (Å²) in [5, 5.41) is 3.05. The first-order valence-corrected chi connectivity index (χ1v) is 6.34. The molecule has 0 spiro atoms. The molecule has 0 unspecified atom stereocenters. The molecule has 2 rings (SSSR count). The summed E-state index contributed by atoms with van der Waals surface area (Å²) in [7, 11) is 0. The number of hydrogen-bond acceptors (Lipinski definition) is 1. The van der Waals surface area contributed by atoms with Crippen LogP contribution in [0.25, 0.3) is 0 Å². The van der Waals surface area contributed by atoms with Gasteiger partial charge in [0, 0.05) is 9.90 Å².